The van der Waals surface area contributed by atoms with Gasteiger partial charge in [-0.15, -0.1) is 11.8 Å². The first kappa shape index (κ1) is 17.5. The minimum atomic E-state index is -0.551. The van der Waals surface area contributed by atoms with Crippen molar-refractivity contribution in [2.45, 2.75) is 38.1 Å². The molecule has 132 valence electrons. The third kappa shape index (κ3) is 4.01. The Morgan fingerprint density at radius 1 is 1.48 bits per heavy atom. The zero-order chi connectivity index (χ0) is 18.0. The summed E-state index contributed by atoms with van der Waals surface area (Å²) in [6, 6.07) is 7.22. The fourth-order valence-corrected chi connectivity index (χ4v) is 3.39. The largest absolute Gasteiger partial charge is 0.345 e. The van der Waals surface area contributed by atoms with Crippen molar-refractivity contribution in [3.8, 4) is 11.4 Å². The zero-order valence-electron chi connectivity index (χ0n) is 14.3. The number of hydrogen-bond acceptors (Lipinski definition) is 6. The molecule has 2 heterocycles. The molecule has 1 fully saturated rings. The molecule has 7 nitrogen and oxygen atoms in total. The minimum Gasteiger partial charge on any atom is -0.345 e. The molecular weight excluding hydrogens is 340 g/mol. The number of aromatic nitrogens is 2. The predicted octanol–water partition coefficient (Wildman–Crippen LogP) is 1.67. The molecule has 2 N–H and O–H groups in total. The van der Waals surface area contributed by atoms with Gasteiger partial charge in [-0.1, -0.05) is 28.9 Å². The van der Waals surface area contributed by atoms with Gasteiger partial charge in [-0.3, -0.25) is 9.59 Å². The number of rotatable bonds is 4. The van der Waals surface area contributed by atoms with E-state index < -0.39 is 10.8 Å². The number of carbonyl (C=O) groups excluding carboxylic acids is 2. The number of nitrogens with zero attached hydrogens (tertiary/aromatic N) is 2. The highest BCUT2D eigenvalue weighted by atomic mass is 32.2. The summed E-state index contributed by atoms with van der Waals surface area (Å²) in [5, 5.41) is 9.41. The second kappa shape index (κ2) is 6.87. The van der Waals surface area contributed by atoms with E-state index in [-0.39, 0.29) is 18.4 Å². The maximum Gasteiger partial charge on any atom is 0.246 e. The zero-order valence-corrected chi connectivity index (χ0v) is 15.1. The molecule has 1 atom stereocenters. The SMILES string of the molecule is Cc1cccc(-c2noc(CNC(=O)[C@H]3CSC(C)(C)C(=O)N3)n2)c1. The molecule has 1 aliphatic heterocycles. The van der Waals surface area contributed by atoms with E-state index >= 15 is 0 Å². The summed E-state index contributed by atoms with van der Waals surface area (Å²) >= 11 is 1.47. The molecule has 2 aromatic rings. The van der Waals surface area contributed by atoms with Crippen molar-refractivity contribution in [2.75, 3.05) is 5.75 Å². The van der Waals surface area contributed by atoms with Gasteiger partial charge in [0.05, 0.1) is 11.3 Å². The van der Waals surface area contributed by atoms with Crippen molar-refractivity contribution in [3.63, 3.8) is 0 Å². The Bertz CT molecular complexity index is 803. The lowest BCUT2D eigenvalue weighted by Gasteiger charge is -2.32. The van der Waals surface area contributed by atoms with Crippen molar-refractivity contribution in [1.29, 1.82) is 0 Å². The maximum absolute atomic E-state index is 12.2. The Morgan fingerprint density at radius 2 is 2.28 bits per heavy atom. The molecule has 1 aromatic carbocycles. The van der Waals surface area contributed by atoms with Crippen molar-refractivity contribution in [3.05, 3.63) is 35.7 Å². The quantitative estimate of drug-likeness (QED) is 0.861. The number of carbonyl (C=O) groups is 2. The van der Waals surface area contributed by atoms with Gasteiger partial charge >= 0.3 is 0 Å². The molecule has 8 heteroatoms. The highest BCUT2D eigenvalue weighted by Gasteiger charge is 2.37. The highest BCUT2D eigenvalue weighted by Crippen LogP contribution is 2.29. The van der Waals surface area contributed by atoms with Gasteiger partial charge < -0.3 is 15.2 Å². The van der Waals surface area contributed by atoms with E-state index in [4.69, 9.17) is 4.52 Å². The van der Waals surface area contributed by atoms with Gasteiger partial charge in [0, 0.05) is 11.3 Å². The van der Waals surface area contributed by atoms with Crippen LogP contribution in [0, 0.1) is 6.92 Å². The fraction of sp³-hybridized carbons (Fsp3) is 0.412. The molecule has 1 aromatic heterocycles. The average molecular weight is 360 g/mol. The van der Waals surface area contributed by atoms with Crippen LogP contribution < -0.4 is 10.6 Å². The summed E-state index contributed by atoms with van der Waals surface area (Å²) in [7, 11) is 0. The Kier molecular flexibility index (Phi) is 4.80. The van der Waals surface area contributed by atoms with Crippen molar-refractivity contribution >= 4 is 23.6 Å². The van der Waals surface area contributed by atoms with Crippen LogP contribution in [0.2, 0.25) is 0 Å². The van der Waals surface area contributed by atoms with E-state index in [0.717, 1.165) is 11.1 Å². The fourth-order valence-electron chi connectivity index (χ4n) is 2.39. The summed E-state index contributed by atoms with van der Waals surface area (Å²) in [5.74, 6) is 0.939. The number of thioether (sulfide) groups is 1. The number of amides is 2. The highest BCUT2D eigenvalue weighted by molar-refractivity contribution is 8.01. The number of benzene rings is 1. The molecule has 0 spiro atoms. The van der Waals surface area contributed by atoms with Crippen LogP contribution in [-0.4, -0.2) is 38.5 Å². The summed E-state index contributed by atoms with van der Waals surface area (Å²) in [5.41, 5.74) is 1.96. The molecule has 2 amide bonds. The van der Waals surface area contributed by atoms with E-state index in [9.17, 15) is 9.59 Å². The van der Waals surface area contributed by atoms with Crippen LogP contribution in [0.4, 0.5) is 0 Å². The first-order valence-electron chi connectivity index (χ1n) is 7.97. The monoisotopic (exact) mass is 360 g/mol. The minimum absolute atomic E-state index is 0.123. The van der Waals surface area contributed by atoms with Crippen LogP contribution in [0.5, 0.6) is 0 Å². The van der Waals surface area contributed by atoms with E-state index in [1.165, 1.54) is 11.8 Å². The molecule has 0 unspecified atom stereocenters. The Labute approximate surface area is 149 Å². The lowest BCUT2D eigenvalue weighted by Crippen LogP contribution is -2.57. The summed E-state index contributed by atoms with van der Waals surface area (Å²) in [6.07, 6.45) is 0. The topological polar surface area (TPSA) is 97.1 Å². The first-order chi connectivity index (χ1) is 11.8. The predicted molar refractivity (Wildman–Crippen MR) is 94.8 cm³/mol. The van der Waals surface area contributed by atoms with E-state index in [1.807, 2.05) is 45.0 Å². The second-order valence-electron chi connectivity index (χ2n) is 6.45. The maximum atomic E-state index is 12.2. The van der Waals surface area contributed by atoms with Crippen molar-refractivity contribution in [1.82, 2.24) is 20.8 Å². The van der Waals surface area contributed by atoms with Gasteiger partial charge in [-0.25, -0.2) is 0 Å². The van der Waals surface area contributed by atoms with Crippen LogP contribution in [-0.2, 0) is 16.1 Å². The smallest absolute Gasteiger partial charge is 0.246 e. The molecule has 0 radical (unpaired) electrons. The van der Waals surface area contributed by atoms with Crippen LogP contribution in [0.3, 0.4) is 0 Å². The molecule has 1 saturated heterocycles. The Morgan fingerprint density at radius 3 is 3.00 bits per heavy atom. The molecular formula is C17H20N4O3S. The van der Waals surface area contributed by atoms with Crippen LogP contribution in [0.25, 0.3) is 11.4 Å². The van der Waals surface area contributed by atoms with Crippen molar-refractivity contribution < 1.29 is 14.1 Å². The lowest BCUT2D eigenvalue weighted by molar-refractivity contribution is -0.129. The van der Waals surface area contributed by atoms with Gasteiger partial charge in [-0.2, -0.15) is 4.98 Å². The number of nitrogens with one attached hydrogen (secondary N) is 2. The number of aryl methyl sites for hydroxylation is 1. The number of hydrogen-bond donors (Lipinski definition) is 2. The molecule has 25 heavy (non-hydrogen) atoms. The van der Waals surface area contributed by atoms with Gasteiger partial charge in [0.25, 0.3) is 0 Å². The van der Waals surface area contributed by atoms with Crippen LogP contribution in [0.15, 0.2) is 28.8 Å². The van der Waals surface area contributed by atoms with E-state index in [1.54, 1.807) is 0 Å². The van der Waals surface area contributed by atoms with Crippen LogP contribution in [0.1, 0.15) is 25.3 Å². The molecule has 0 saturated carbocycles. The van der Waals surface area contributed by atoms with Crippen LogP contribution >= 0.6 is 11.8 Å². The third-order valence-electron chi connectivity index (χ3n) is 3.94. The Balaban J connectivity index is 1.57. The normalized spacial score (nSPS) is 19.3. The van der Waals surface area contributed by atoms with E-state index in [2.05, 4.69) is 20.8 Å². The lowest BCUT2D eigenvalue weighted by atomic mass is 10.1. The molecule has 3 rings (SSSR count). The standard InChI is InChI=1S/C17H20N4O3S/c1-10-5-4-6-11(7-10)14-20-13(24-21-14)8-18-15(22)12-9-25-17(2,3)16(23)19-12/h4-7,12H,8-9H2,1-3H3,(H,18,22)(H,19,23)/t12-/m1/s1. The van der Waals surface area contributed by atoms with Gasteiger partial charge in [-0.05, 0) is 26.8 Å². The Hall–Kier alpha value is -2.35. The summed E-state index contributed by atoms with van der Waals surface area (Å²) < 4.78 is 4.67. The summed E-state index contributed by atoms with van der Waals surface area (Å²) in [4.78, 5) is 28.5. The van der Waals surface area contributed by atoms with Crippen molar-refractivity contribution in [2.24, 2.45) is 0 Å². The summed E-state index contributed by atoms with van der Waals surface area (Å²) in [6.45, 7) is 5.79. The van der Waals surface area contributed by atoms with Gasteiger partial charge in [0.15, 0.2) is 0 Å². The molecule has 1 aliphatic rings. The molecule has 0 bridgehead atoms. The molecule has 0 aliphatic carbocycles. The second-order valence-corrected chi connectivity index (χ2v) is 8.09. The van der Waals surface area contributed by atoms with Gasteiger partial charge in [0.1, 0.15) is 6.04 Å². The third-order valence-corrected chi connectivity index (χ3v) is 5.34. The van der Waals surface area contributed by atoms with Gasteiger partial charge in [0.2, 0.25) is 23.5 Å². The first-order valence-corrected chi connectivity index (χ1v) is 8.96. The average Bonchev–Trinajstić information content (AvgIpc) is 3.04. The van der Waals surface area contributed by atoms with E-state index in [0.29, 0.717) is 17.5 Å².